The Morgan fingerprint density at radius 1 is 0.400 bits per heavy atom. The van der Waals surface area contributed by atoms with Crippen LogP contribution in [0.15, 0.2) is 218 Å². The van der Waals surface area contributed by atoms with E-state index in [0.717, 1.165) is 0 Å². The Morgan fingerprint density at radius 2 is 0.900 bits per heavy atom. The van der Waals surface area contributed by atoms with Crippen molar-refractivity contribution in [3.63, 3.8) is 0 Å². The topological polar surface area (TPSA) is 4.93 Å². The van der Waals surface area contributed by atoms with Gasteiger partial charge in [0.05, 0.1) is 11.0 Å². The molecule has 1 nitrogen and oxygen atoms in total. The molecule has 9 aromatic carbocycles. The van der Waals surface area contributed by atoms with E-state index >= 15 is 0 Å². The van der Waals surface area contributed by atoms with Crippen LogP contribution in [0.4, 0.5) is 0 Å². The number of nitrogens with zero attached hydrogens (tertiary/aromatic N) is 1. The van der Waals surface area contributed by atoms with Crippen molar-refractivity contribution in [3.8, 4) is 27.9 Å². The molecule has 2 aliphatic rings. The first kappa shape index (κ1) is 35.0. The first-order chi connectivity index (χ1) is 29.5. The van der Waals surface area contributed by atoms with Gasteiger partial charge in [0, 0.05) is 27.8 Å². The van der Waals surface area contributed by atoms with Gasteiger partial charge in [0.1, 0.15) is 0 Å². The summed E-state index contributed by atoms with van der Waals surface area (Å²) in [5.74, 6) is 0.157. The SMILES string of the molecule is CC1(C)c2ccccc2-c2ccc3c(c21)-c1ccccc1C3c1ccc([Si](c2ccccc2)(c2ccccc2)c2ccc(-n3c4ccccc4c4ccccc43)cc2)cc1. The Balaban J connectivity index is 1.03. The number of aromatic nitrogens is 1. The Kier molecular flexibility index (Phi) is 7.73. The molecule has 10 aromatic rings. The number of fused-ring (bicyclic) bond motifs is 10. The summed E-state index contributed by atoms with van der Waals surface area (Å²) < 4.78 is 2.42. The normalized spacial score (nSPS) is 14.8. The van der Waals surface area contributed by atoms with Gasteiger partial charge in [0.2, 0.25) is 0 Å². The number of hydrogen-bond donors (Lipinski definition) is 0. The Labute approximate surface area is 352 Å². The van der Waals surface area contributed by atoms with Crippen molar-refractivity contribution < 1.29 is 0 Å². The number of benzene rings is 9. The molecular formula is C58H43NSi. The van der Waals surface area contributed by atoms with Crippen LogP contribution in [-0.2, 0) is 5.41 Å². The molecule has 0 aliphatic heterocycles. The van der Waals surface area contributed by atoms with Gasteiger partial charge in [-0.1, -0.05) is 208 Å². The van der Waals surface area contributed by atoms with Crippen LogP contribution in [0.3, 0.4) is 0 Å². The van der Waals surface area contributed by atoms with Gasteiger partial charge in [-0.05, 0) is 95.1 Å². The lowest BCUT2D eigenvalue weighted by atomic mass is 9.78. The molecule has 0 N–H and O–H groups in total. The molecule has 60 heavy (non-hydrogen) atoms. The molecule has 284 valence electrons. The predicted octanol–water partition coefficient (Wildman–Crippen LogP) is 11.6. The molecule has 2 heteroatoms. The van der Waals surface area contributed by atoms with Crippen molar-refractivity contribution in [3.05, 3.63) is 246 Å². The van der Waals surface area contributed by atoms with Crippen molar-refractivity contribution in [2.24, 2.45) is 0 Å². The lowest BCUT2D eigenvalue weighted by Gasteiger charge is -2.35. The van der Waals surface area contributed by atoms with Crippen LogP contribution in [0.1, 0.15) is 47.6 Å². The van der Waals surface area contributed by atoms with E-state index < -0.39 is 8.07 Å². The van der Waals surface area contributed by atoms with Crippen LogP contribution in [0.5, 0.6) is 0 Å². The lowest BCUT2D eigenvalue weighted by Crippen LogP contribution is -2.74. The quantitative estimate of drug-likeness (QED) is 0.117. The minimum atomic E-state index is -2.80. The Hall–Kier alpha value is -7.00. The lowest BCUT2D eigenvalue weighted by molar-refractivity contribution is 0.661. The third-order valence-corrected chi connectivity index (χ3v) is 18.6. The first-order valence-corrected chi connectivity index (χ1v) is 23.2. The molecule has 1 heterocycles. The summed E-state index contributed by atoms with van der Waals surface area (Å²) in [6, 6.07) is 82.5. The molecule has 12 rings (SSSR count). The zero-order valence-corrected chi connectivity index (χ0v) is 34.8. The molecule has 0 amide bonds. The van der Waals surface area contributed by atoms with Crippen LogP contribution in [0.2, 0.25) is 0 Å². The maximum atomic E-state index is 2.47. The maximum Gasteiger partial charge on any atom is 0.179 e. The largest absolute Gasteiger partial charge is 0.309 e. The molecule has 1 atom stereocenters. The van der Waals surface area contributed by atoms with Crippen LogP contribution in [0.25, 0.3) is 49.7 Å². The predicted molar refractivity (Wildman–Crippen MR) is 255 cm³/mol. The van der Waals surface area contributed by atoms with E-state index in [1.54, 1.807) is 0 Å². The summed E-state index contributed by atoms with van der Waals surface area (Å²) in [6.07, 6.45) is 0. The first-order valence-electron chi connectivity index (χ1n) is 21.2. The van der Waals surface area contributed by atoms with E-state index in [1.165, 1.54) is 98.3 Å². The third kappa shape index (κ3) is 4.86. The van der Waals surface area contributed by atoms with Gasteiger partial charge in [0.15, 0.2) is 8.07 Å². The average molecular weight is 782 g/mol. The summed E-state index contributed by atoms with van der Waals surface area (Å²) >= 11 is 0. The van der Waals surface area contributed by atoms with Crippen molar-refractivity contribution in [1.82, 2.24) is 4.57 Å². The van der Waals surface area contributed by atoms with E-state index in [-0.39, 0.29) is 11.3 Å². The van der Waals surface area contributed by atoms with Gasteiger partial charge in [0.25, 0.3) is 0 Å². The second kappa shape index (κ2) is 13.3. The molecule has 1 aromatic heterocycles. The van der Waals surface area contributed by atoms with Crippen molar-refractivity contribution >= 4 is 50.6 Å². The minimum Gasteiger partial charge on any atom is -0.309 e. The van der Waals surface area contributed by atoms with Crippen molar-refractivity contribution in [2.75, 3.05) is 0 Å². The summed E-state index contributed by atoms with van der Waals surface area (Å²) in [5, 5.41) is 8.06. The highest BCUT2D eigenvalue weighted by molar-refractivity contribution is 7.19. The zero-order valence-electron chi connectivity index (χ0n) is 33.8. The molecule has 0 fully saturated rings. The second-order valence-electron chi connectivity index (χ2n) is 17.2. The van der Waals surface area contributed by atoms with Gasteiger partial charge in [-0.25, -0.2) is 0 Å². The molecule has 0 radical (unpaired) electrons. The maximum absolute atomic E-state index is 2.80. The summed E-state index contributed by atoms with van der Waals surface area (Å²) in [7, 11) is -2.80. The fraction of sp³-hybridized carbons (Fsp3) is 0.0690. The van der Waals surface area contributed by atoms with E-state index in [9.17, 15) is 0 Å². The van der Waals surface area contributed by atoms with E-state index in [2.05, 4.69) is 237 Å². The van der Waals surface area contributed by atoms with Gasteiger partial charge in [-0.15, -0.1) is 0 Å². The highest BCUT2D eigenvalue weighted by Gasteiger charge is 2.44. The van der Waals surface area contributed by atoms with Crippen LogP contribution < -0.4 is 20.7 Å². The van der Waals surface area contributed by atoms with E-state index in [4.69, 9.17) is 0 Å². The van der Waals surface area contributed by atoms with Crippen molar-refractivity contribution in [2.45, 2.75) is 25.2 Å². The zero-order chi connectivity index (χ0) is 40.0. The molecule has 0 bridgehead atoms. The van der Waals surface area contributed by atoms with Gasteiger partial charge in [-0.2, -0.15) is 0 Å². The van der Waals surface area contributed by atoms with Gasteiger partial charge < -0.3 is 4.57 Å². The summed E-state index contributed by atoms with van der Waals surface area (Å²) in [6.45, 7) is 4.82. The smallest absolute Gasteiger partial charge is 0.179 e. The summed E-state index contributed by atoms with van der Waals surface area (Å²) in [4.78, 5) is 0. The van der Waals surface area contributed by atoms with Crippen molar-refractivity contribution in [1.29, 1.82) is 0 Å². The summed E-state index contributed by atoms with van der Waals surface area (Å²) in [5.41, 5.74) is 16.1. The molecule has 2 aliphatic carbocycles. The van der Waals surface area contributed by atoms with Crippen LogP contribution in [0, 0.1) is 0 Å². The molecular weight excluding hydrogens is 739 g/mol. The van der Waals surface area contributed by atoms with Gasteiger partial charge in [-0.3, -0.25) is 0 Å². The number of hydrogen-bond acceptors (Lipinski definition) is 0. The van der Waals surface area contributed by atoms with Crippen LogP contribution >= 0.6 is 0 Å². The molecule has 0 saturated heterocycles. The molecule has 1 unspecified atom stereocenters. The molecule has 0 saturated carbocycles. The fourth-order valence-electron chi connectivity index (χ4n) is 11.3. The number of rotatable bonds is 6. The highest BCUT2D eigenvalue weighted by atomic mass is 28.3. The minimum absolute atomic E-state index is 0.0865. The highest BCUT2D eigenvalue weighted by Crippen LogP contribution is 2.58. The third-order valence-electron chi connectivity index (χ3n) is 13.8. The monoisotopic (exact) mass is 781 g/mol. The number of para-hydroxylation sites is 2. The van der Waals surface area contributed by atoms with Crippen LogP contribution in [-0.4, -0.2) is 12.6 Å². The second-order valence-corrected chi connectivity index (χ2v) is 21.0. The molecule has 0 spiro atoms. The van der Waals surface area contributed by atoms with Gasteiger partial charge >= 0.3 is 0 Å². The Bertz CT molecular complexity index is 3170. The van der Waals surface area contributed by atoms with E-state index in [1.807, 2.05) is 0 Å². The van der Waals surface area contributed by atoms with E-state index in [0.29, 0.717) is 0 Å². The fourth-order valence-corrected chi connectivity index (χ4v) is 16.0. The average Bonchev–Trinajstić information content (AvgIpc) is 3.91. The standard InChI is InChI=1S/C58H43NSi/c1-58(2)52-26-14-11-21-45(52)50-37-38-51-55(48-24-9-10-25-49(48)56(51)57(50)58)39-29-33-43(34-30-39)60(41-17-5-3-6-18-41,42-19-7-4-8-20-42)44-35-31-40(32-36-44)59-53-27-15-12-22-46(53)47-23-13-16-28-54(47)59/h3-38,55H,1-2H3. The Morgan fingerprint density at radius 3 is 1.53 bits per heavy atom.